The van der Waals surface area contributed by atoms with Gasteiger partial charge in [-0.2, -0.15) is 0 Å². The number of benzene rings is 1. The number of amides is 1. The maximum absolute atomic E-state index is 13.7. The van der Waals surface area contributed by atoms with Crippen LogP contribution in [0.15, 0.2) is 18.2 Å². The highest BCUT2D eigenvalue weighted by molar-refractivity contribution is 5.94. The van der Waals surface area contributed by atoms with E-state index in [1.807, 2.05) is 6.92 Å². The number of hydrogen-bond acceptors (Lipinski definition) is 4. The lowest BCUT2D eigenvalue weighted by molar-refractivity contribution is -0.117. The Morgan fingerprint density at radius 2 is 2.14 bits per heavy atom. The van der Waals surface area contributed by atoms with Gasteiger partial charge in [0.2, 0.25) is 5.91 Å². The molecule has 0 aliphatic carbocycles. The van der Waals surface area contributed by atoms with E-state index in [4.69, 9.17) is 15.2 Å². The molecule has 0 radical (unpaired) electrons. The monoisotopic (exact) mass is 320 g/mol. The number of carbonyl (C=O) groups is 1. The lowest BCUT2D eigenvalue weighted by Gasteiger charge is -2.12. The maximum Gasteiger partial charge on any atom is 0.241 e. The molecule has 3 N–H and O–H groups in total. The van der Waals surface area contributed by atoms with Crippen LogP contribution in [-0.4, -0.2) is 32.3 Å². The van der Waals surface area contributed by atoms with Gasteiger partial charge in [-0.15, -0.1) is 12.4 Å². The fourth-order valence-electron chi connectivity index (χ4n) is 1.61. The molecule has 1 amide bonds. The normalized spacial score (nSPS) is 11.4. The Kier molecular flexibility index (Phi) is 9.69. The van der Waals surface area contributed by atoms with Crippen LogP contribution in [0.4, 0.5) is 10.1 Å². The van der Waals surface area contributed by atoms with Gasteiger partial charge in [-0.25, -0.2) is 4.39 Å². The zero-order chi connectivity index (χ0) is 15.0. The lowest BCUT2D eigenvalue weighted by atomic mass is 10.1. The van der Waals surface area contributed by atoms with Crippen molar-refractivity contribution in [3.05, 3.63) is 24.0 Å². The van der Waals surface area contributed by atoms with Crippen LogP contribution in [0.2, 0.25) is 0 Å². The zero-order valence-corrected chi connectivity index (χ0v) is 13.0. The van der Waals surface area contributed by atoms with Crippen LogP contribution in [0, 0.1) is 5.82 Å². The molecule has 0 spiro atoms. The average molecular weight is 321 g/mol. The van der Waals surface area contributed by atoms with E-state index in [0.717, 1.165) is 6.42 Å². The molecule has 21 heavy (non-hydrogen) atoms. The summed E-state index contributed by atoms with van der Waals surface area (Å²) in [5.41, 5.74) is 6.04. The molecule has 0 saturated heterocycles. The van der Waals surface area contributed by atoms with E-state index in [1.165, 1.54) is 19.2 Å². The Labute approximate surface area is 130 Å². The Hall–Kier alpha value is -1.37. The van der Waals surface area contributed by atoms with Crippen molar-refractivity contribution in [1.82, 2.24) is 0 Å². The summed E-state index contributed by atoms with van der Waals surface area (Å²) in [5, 5.41) is 2.58. The first-order valence-corrected chi connectivity index (χ1v) is 6.56. The van der Waals surface area contributed by atoms with Crippen molar-refractivity contribution < 1.29 is 18.7 Å². The zero-order valence-electron chi connectivity index (χ0n) is 12.2. The van der Waals surface area contributed by atoms with E-state index in [2.05, 4.69) is 5.32 Å². The molecule has 0 heterocycles. The third-order valence-corrected chi connectivity index (χ3v) is 2.68. The minimum absolute atomic E-state index is 0. The summed E-state index contributed by atoms with van der Waals surface area (Å²) in [5.74, 6) is -0.736. The molecule has 0 saturated carbocycles. The largest absolute Gasteiger partial charge is 0.488 e. The van der Waals surface area contributed by atoms with E-state index in [0.29, 0.717) is 18.7 Å². The van der Waals surface area contributed by atoms with Crippen LogP contribution in [0.1, 0.15) is 19.8 Å². The smallest absolute Gasteiger partial charge is 0.241 e. The molecule has 1 atom stereocenters. The summed E-state index contributed by atoms with van der Waals surface area (Å²) in [7, 11) is 1.54. The van der Waals surface area contributed by atoms with Gasteiger partial charge in [-0.3, -0.25) is 4.79 Å². The summed E-state index contributed by atoms with van der Waals surface area (Å²) in [6.07, 6.45) is 1.40. The van der Waals surface area contributed by atoms with E-state index >= 15 is 0 Å². The van der Waals surface area contributed by atoms with Crippen LogP contribution >= 0.6 is 12.4 Å². The van der Waals surface area contributed by atoms with Crippen molar-refractivity contribution in [1.29, 1.82) is 0 Å². The van der Waals surface area contributed by atoms with Gasteiger partial charge in [0.25, 0.3) is 0 Å². The van der Waals surface area contributed by atoms with Gasteiger partial charge in [-0.1, -0.05) is 13.3 Å². The lowest BCUT2D eigenvalue weighted by Crippen LogP contribution is -2.35. The minimum Gasteiger partial charge on any atom is -0.488 e. The predicted octanol–water partition coefficient (Wildman–Crippen LogP) is 2.34. The molecule has 0 fully saturated rings. The highest BCUT2D eigenvalue weighted by Crippen LogP contribution is 2.21. The number of ether oxygens (including phenoxy) is 2. The topological polar surface area (TPSA) is 73.6 Å². The molecule has 120 valence electrons. The summed E-state index contributed by atoms with van der Waals surface area (Å²) in [6.45, 7) is 2.59. The first-order valence-electron chi connectivity index (χ1n) is 6.56. The molecular weight excluding hydrogens is 299 g/mol. The Bertz CT molecular complexity index is 446. The fourth-order valence-corrected chi connectivity index (χ4v) is 1.61. The average Bonchev–Trinajstić information content (AvgIpc) is 2.41. The van der Waals surface area contributed by atoms with Crippen LogP contribution in [0.5, 0.6) is 5.75 Å². The fraction of sp³-hybridized carbons (Fsp3) is 0.500. The second-order valence-electron chi connectivity index (χ2n) is 4.37. The van der Waals surface area contributed by atoms with Crippen molar-refractivity contribution >= 4 is 24.0 Å². The molecule has 0 bridgehead atoms. The molecule has 7 heteroatoms. The second kappa shape index (κ2) is 10.4. The van der Waals surface area contributed by atoms with Gasteiger partial charge in [0, 0.05) is 18.9 Å². The molecule has 1 rings (SSSR count). The van der Waals surface area contributed by atoms with Crippen LogP contribution < -0.4 is 15.8 Å². The number of methoxy groups -OCH3 is 1. The van der Waals surface area contributed by atoms with Crippen molar-refractivity contribution in [3.8, 4) is 5.75 Å². The molecule has 0 aliphatic heterocycles. The van der Waals surface area contributed by atoms with Gasteiger partial charge in [0.05, 0.1) is 12.6 Å². The van der Waals surface area contributed by atoms with Crippen molar-refractivity contribution in [2.75, 3.05) is 25.6 Å². The summed E-state index contributed by atoms with van der Waals surface area (Å²) >= 11 is 0. The minimum atomic E-state index is -0.583. The third-order valence-electron chi connectivity index (χ3n) is 2.68. The van der Waals surface area contributed by atoms with E-state index in [-0.39, 0.29) is 30.7 Å². The molecular formula is C14H22ClFN2O3. The Balaban J connectivity index is 0.00000400. The highest BCUT2D eigenvalue weighted by Gasteiger charge is 2.13. The standard InChI is InChI=1S/C14H21FN2O3.ClH/c1-3-4-12(16)14(18)17-10-5-6-13(11(15)9-10)20-8-7-19-2;/h5-6,9,12H,3-4,7-8,16H2,1-2H3,(H,17,18);1H. The van der Waals surface area contributed by atoms with Crippen LogP contribution in [0.3, 0.4) is 0 Å². The molecule has 0 aromatic heterocycles. The number of anilines is 1. The summed E-state index contributed by atoms with van der Waals surface area (Å²) < 4.78 is 23.7. The summed E-state index contributed by atoms with van der Waals surface area (Å²) in [6, 6.07) is 3.66. The third kappa shape index (κ3) is 6.75. The predicted molar refractivity (Wildman–Crippen MR) is 82.5 cm³/mol. The molecule has 5 nitrogen and oxygen atoms in total. The number of halogens is 2. The van der Waals surface area contributed by atoms with Gasteiger partial charge in [0.15, 0.2) is 11.6 Å². The Morgan fingerprint density at radius 1 is 1.43 bits per heavy atom. The number of rotatable bonds is 8. The van der Waals surface area contributed by atoms with E-state index in [9.17, 15) is 9.18 Å². The first kappa shape index (κ1) is 19.6. The van der Waals surface area contributed by atoms with Crippen LogP contribution in [-0.2, 0) is 9.53 Å². The highest BCUT2D eigenvalue weighted by atomic mass is 35.5. The SMILES string of the molecule is CCCC(N)C(=O)Nc1ccc(OCCOC)c(F)c1.Cl. The van der Waals surface area contributed by atoms with E-state index in [1.54, 1.807) is 6.07 Å². The number of carbonyl (C=O) groups excluding carboxylic acids is 1. The van der Waals surface area contributed by atoms with Gasteiger partial charge in [0.1, 0.15) is 6.61 Å². The van der Waals surface area contributed by atoms with Gasteiger partial charge in [-0.05, 0) is 18.6 Å². The Morgan fingerprint density at radius 3 is 2.71 bits per heavy atom. The maximum atomic E-state index is 13.7. The molecule has 1 aromatic rings. The number of nitrogens with one attached hydrogen (secondary N) is 1. The van der Waals surface area contributed by atoms with Crippen molar-refractivity contribution in [3.63, 3.8) is 0 Å². The van der Waals surface area contributed by atoms with Crippen LogP contribution in [0.25, 0.3) is 0 Å². The van der Waals surface area contributed by atoms with E-state index < -0.39 is 11.9 Å². The second-order valence-corrected chi connectivity index (χ2v) is 4.37. The number of nitrogens with two attached hydrogens (primary N) is 1. The quantitative estimate of drug-likeness (QED) is 0.721. The molecule has 1 aromatic carbocycles. The number of hydrogen-bond donors (Lipinski definition) is 2. The first-order chi connectivity index (χ1) is 9.58. The molecule has 0 aliphatic rings. The van der Waals surface area contributed by atoms with Gasteiger partial charge < -0.3 is 20.5 Å². The van der Waals surface area contributed by atoms with Crippen molar-refractivity contribution in [2.24, 2.45) is 5.73 Å². The molecule has 1 unspecified atom stereocenters. The van der Waals surface area contributed by atoms with Gasteiger partial charge >= 0.3 is 0 Å². The van der Waals surface area contributed by atoms with Crippen molar-refractivity contribution in [2.45, 2.75) is 25.8 Å². The summed E-state index contributed by atoms with van der Waals surface area (Å²) in [4.78, 5) is 11.7.